The molecule has 4 aromatic carbocycles. The Hall–Kier alpha value is -4.19. The van der Waals surface area contributed by atoms with Gasteiger partial charge in [-0.2, -0.15) is 0 Å². The molecular weight excluding hydrogens is 491 g/mol. The Balaban J connectivity index is 1.43. The summed E-state index contributed by atoms with van der Waals surface area (Å²) >= 11 is 12.0. The minimum absolute atomic E-state index is 0.800. The van der Waals surface area contributed by atoms with Crippen molar-refractivity contribution in [2.24, 2.45) is 7.05 Å². The second-order valence-corrected chi connectivity index (χ2v) is 10.1. The van der Waals surface area contributed by atoms with Gasteiger partial charge in [-0.1, -0.05) is 97.2 Å². The lowest BCUT2D eigenvalue weighted by atomic mass is 10.0. The van der Waals surface area contributed by atoms with Gasteiger partial charge in [-0.05, 0) is 47.2 Å². The first-order valence-electron chi connectivity index (χ1n) is 12.1. The van der Waals surface area contributed by atoms with Crippen molar-refractivity contribution in [3.05, 3.63) is 126 Å². The summed E-state index contributed by atoms with van der Waals surface area (Å²) in [6, 6.07) is 35.5. The van der Waals surface area contributed by atoms with E-state index in [0.717, 1.165) is 60.4 Å². The van der Waals surface area contributed by atoms with E-state index in [4.69, 9.17) is 29.4 Å². The Kier molecular flexibility index (Phi) is 5.03. The van der Waals surface area contributed by atoms with Crippen molar-refractivity contribution in [2.45, 2.75) is 0 Å². The molecule has 0 spiro atoms. The Bertz CT molecular complexity index is 1850. The molecule has 3 nitrogen and oxygen atoms in total. The summed E-state index contributed by atoms with van der Waals surface area (Å²) in [5, 5.41) is 2.34. The van der Waals surface area contributed by atoms with Crippen molar-refractivity contribution in [1.29, 1.82) is 0 Å². The zero-order valence-corrected chi connectivity index (χ0v) is 21.7. The Morgan fingerprint density at radius 3 is 1.89 bits per heavy atom. The summed E-state index contributed by atoms with van der Waals surface area (Å²) in [7, 11) is 2.07. The van der Waals surface area contributed by atoms with E-state index in [2.05, 4.69) is 89.0 Å². The first-order valence-corrected chi connectivity index (χ1v) is 12.9. The SMILES string of the molecule is Cn1c(-c2ccccc2)nc2c1cc(C=C1C(=S)c3cc4ccccc4cc3C1=S)n2-c1ccccc1. The Labute approximate surface area is 225 Å². The van der Waals surface area contributed by atoms with Crippen LogP contribution in [0.4, 0.5) is 0 Å². The van der Waals surface area contributed by atoms with Crippen LogP contribution in [0.15, 0.2) is 109 Å². The summed E-state index contributed by atoms with van der Waals surface area (Å²) in [5.41, 5.74) is 8.06. The van der Waals surface area contributed by atoms with E-state index in [0.29, 0.717) is 0 Å². The van der Waals surface area contributed by atoms with E-state index in [1.807, 2.05) is 36.4 Å². The second-order valence-electron chi connectivity index (χ2n) is 9.27. The van der Waals surface area contributed by atoms with Crippen LogP contribution in [0.1, 0.15) is 16.8 Å². The number of para-hydroxylation sites is 1. The fourth-order valence-electron chi connectivity index (χ4n) is 5.24. The van der Waals surface area contributed by atoms with Crippen LogP contribution in [0, 0.1) is 0 Å². The molecule has 0 radical (unpaired) electrons. The number of aromatic nitrogens is 3. The highest BCUT2D eigenvalue weighted by Gasteiger charge is 2.28. The zero-order valence-electron chi connectivity index (χ0n) is 20.1. The van der Waals surface area contributed by atoms with Crippen LogP contribution in [0.5, 0.6) is 0 Å². The number of fused-ring (bicyclic) bond motifs is 3. The molecule has 0 bridgehead atoms. The monoisotopic (exact) mass is 511 g/mol. The van der Waals surface area contributed by atoms with E-state index in [1.54, 1.807) is 0 Å². The second kappa shape index (κ2) is 8.44. The molecular formula is C32H21N3S2. The van der Waals surface area contributed by atoms with Crippen LogP contribution in [-0.2, 0) is 7.05 Å². The van der Waals surface area contributed by atoms with Gasteiger partial charge in [0.1, 0.15) is 5.82 Å². The standard InChI is InChI=1S/C32H21N3S2/c1-34-28-19-24(18-27-29(36)25-16-21-12-8-9-13-22(21)17-26(25)30(27)37)35(23-14-6-3-7-15-23)32(28)33-31(34)20-10-4-2-5-11-20/h2-19H,1H3. The fraction of sp³-hybridized carbons (Fsp3) is 0.0312. The molecule has 176 valence electrons. The molecule has 7 rings (SSSR count). The van der Waals surface area contributed by atoms with Crippen LogP contribution < -0.4 is 0 Å². The van der Waals surface area contributed by atoms with Gasteiger partial charge < -0.3 is 4.57 Å². The molecule has 2 aromatic heterocycles. The number of aryl methyl sites for hydroxylation is 1. The first-order chi connectivity index (χ1) is 18.1. The van der Waals surface area contributed by atoms with E-state index in [9.17, 15) is 0 Å². The maximum absolute atomic E-state index is 5.98. The topological polar surface area (TPSA) is 22.8 Å². The molecule has 0 atom stereocenters. The molecule has 1 aliphatic rings. The van der Waals surface area contributed by atoms with Crippen LogP contribution >= 0.6 is 24.4 Å². The number of hydrogen-bond donors (Lipinski definition) is 0. The van der Waals surface area contributed by atoms with Gasteiger partial charge in [0.15, 0.2) is 5.65 Å². The van der Waals surface area contributed by atoms with Gasteiger partial charge in [-0.15, -0.1) is 0 Å². The van der Waals surface area contributed by atoms with E-state index in [-0.39, 0.29) is 0 Å². The van der Waals surface area contributed by atoms with Crippen molar-refractivity contribution in [1.82, 2.24) is 14.1 Å². The summed E-state index contributed by atoms with van der Waals surface area (Å²) < 4.78 is 4.35. The summed E-state index contributed by atoms with van der Waals surface area (Å²) in [6.45, 7) is 0. The number of hydrogen-bond acceptors (Lipinski definition) is 3. The van der Waals surface area contributed by atoms with Gasteiger partial charge in [0, 0.05) is 35.0 Å². The molecule has 6 aromatic rings. The van der Waals surface area contributed by atoms with Crippen LogP contribution in [0.3, 0.4) is 0 Å². The molecule has 0 amide bonds. The molecule has 37 heavy (non-hydrogen) atoms. The number of rotatable bonds is 3. The van der Waals surface area contributed by atoms with E-state index < -0.39 is 0 Å². The lowest BCUT2D eigenvalue weighted by Gasteiger charge is -2.08. The van der Waals surface area contributed by atoms with Crippen LogP contribution in [-0.4, -0.2) is 23.8 Å². The zero-order chi connectivity index (χ0) is 25.1. The van der Waals surface area contributed by atoms with Crippen molar-refractivity contribution >= 4 is 62.2 Å². The normalized spacial score (nSPS) is 13.1. The number of allylic oxidation sites excluding steroid dienone is 1. The minimum Gasteiger partial charge on any atom is -0.326 e. The maximum Gasteiger partial charge on any atom is 0.164 e. The quantitative estimate of drug-likeness (QED) is 0.179. The smallest absolute Gasteiger partial charge is 0.164 e. The number of thiocarbonyl (C=S) groups is 2. The minimum atomic E-state index is 0.800. The molecule has 0 N–H and O–H groups in total. The van der Waals surface area contributed by atoms with E-state index >= 15 is 0 Å². The highest BCUT2D eigenvalue weighted by Crippen LogP contribution is 2.35. The summed E-state index contributed by atoms with van der Waals surface area (Å²) in [6.07, 6.45) is 2.13. The largest absolute Gasteiger partial charge is 0.326 e. The molecule has 0 fully saturated rings. The van der Waals surface area contributed by atoms with Gasteiger partial charge >= 0.3 is 0 Å². The van der Waals surface area contributed by atoms with Gasteiger partial charge in [-0.25, -0.2) is 4.98 Å². The highest BCUT2D eigenvalue weighted by molar-refractivity contribution is 7.84. The fourth-order valence-corrected chi connectivity index (χ4v) is 5.96. The molecule has 0 saturated heterocycles. The lowest BCUT2D eigenvalue weighted by molar-refractivity contribution is 0.957. The van der Waals surface area contributed by atoms with Gasteiger partial charge in [0.25, 0.3) is 0 Å². The van der Waals surface area contributed by atoms with Gasteiger partial charge in [-0.3, -0.25) is 4.57 Å². The van der Waals surface area contributed by atoms with Crippen molar-refractivity contribution in [3.8, 4) is 17.1 Å². The predicted octanol–water partition coefficient (Wildman–Crippen LogP) is 7.72. The maximum atomic E-state index is 5.98. The molecule has 2 heterocycles. The van der Waals surface area contributed by atoms with Gasteiger partial charge in [0.05, 0.1) is 20.9 Å². The molecule has 5 heteroatoms. The number of benzene rings is 4. The highest BCUT2D eigenvalue weighted by atomic mass is 32.1. The molecule has 0 unspecified atom stereocenters. The van der Waals surface area contributed by atoms with Crippen LogP contribution in [0.2, 0.25) is 0 Å². The third-order valence-electron chi connectivity index (χ3n) is 7.08. The van der Waals surface area contributed by atoms with Crippen molar-refractivity contribution < 1.29 is 0 Å². The average molecular weight is 512 g/mol. The summed E-state index contributed by atoms with van der Waals surface area (Å²) in [5.74, 6) is 0.931. The Morgan fingerprint density at radius 1 is 0.703 bits per heavy atom. The summed E-state index contributed by atoms with van der Waals surface area (Å²) in [4.78, 5) is 6.70. The number of imidazole rings is 1. The number of nitrogens with zero attached hydrogens (tertiary/aromatic N) is 3. The third kappa shape index (κ3) is 3.43. The predicted molar refractivity (Wildman–Crippen MR) is 161 cm³/mol. The lowest BCUT2D eigenvalue weighted by Crippen LogP contribution is -2.02. The third-order valence-corrected chi connectivity index (χ3v) is 7.96. The van der Waals surface area contributed by atoms with Gasteiger partial charge in [0.2, 0.25) is 0 Å². The molecule has 0 saturated carbocycles. The Morgan fingerprint density at radius 2 is 1.27 bits per heavy atom. The average Bonchev–Trinajstić information content (AvgIpc) is 3.53. The first kappa shape index (κ1) is 22.0. The molecule has 0 aliphatic heterocycles. The van der Waals surface area contributed by atoms with Crippen molar-refractivity contribution in [2.75, 3.05) is 0 Å². The van der Waals surface area contributed by atoms with E-state index in [1.165, 1.54) is 10.8 Å². The van der Waals surface area contributed by atoms with Crippen molar-refractivity contribution in [3.63, 3.8) is 0 Å². The molecule has 1 aliphatic carbocycles. The van der Waals surface area contributed by atoms with Crippen LogP contribution in [0.25, 0.3) is 45.1 Å².